The Hall–Kier alpha value is -3.56. The van der Waals surface area contributed by atoms with Crippen LogP contribution in [-0.2, 0) is 21.4 Å². The van der Waals surface area contributed by atoms with Crippen LogP contribution in [0.1, 0.15) is 38.8 Å². The number of carbonyl (C=O) groups excluding carboxylic acids is 3. The van der Waals surface area contributed by atoms with Gasteiger partial charge in [-0.05, 0) is 30.3 Å². The van der Waals surface area contributed by atoms with E-state index in [9.17, 15) is 58.3 Å². The first-order valence-corrected chi connectivity index (χ1v) is 11.6. The lowest BCUT2D eigenvalue weighted by atomic mass is 9.91. The van der Waals surface area contributed by atoms with E-state index in [1.165, 1.54) is 6.08 Å². The van der Waals surface area contributed by atoms with Crippen molar-refractivity contribution in [1.82, 2.24) is 0 Å². The van der Waals surface area contributed by atoms with Crippen molar-refractivity contribution in [2.75, 3.05) is 17.8 Å². The summed E-state index contributed by atoms with van der Waals surface area (Å²) in [4.78, 5) is 38.1. The molecule has 0 fully saturated rings. The number of imide groups is 1. The van der Waals surface area contributed by atoms with Gasteiger partial charge in [-0.25, -0.2) is 14.1 Å². The van der Waals surface area contributed by atoms with E-state index >= 15 is 0 Å². The summed E-state index contributed by atoms with van der Waals surface area (Å²) >= 11 is 0.688. The van der Waals surface area contributed by atoms with Crippen molar-refractivity contribution < 1.29 is 63.0 Å². The number of nitrogens with zero attached hydrogens (tertiary/aromatic N) is 1. The number of anilines is 1. The van der Waals surface area contributed by atoms with Crippen LogP contribution in [0.15, 0.2) is 53.9 Å². The lowest BCUT2D eigenvalue weighted by Gasteiger charge is -2.31. The van der Waals surface area contributed by atoms with Crippen LogP contribution in [0, 0.1) is 0 Å². The van der Waals surface area contributed by atoms with E-state index in [0.717, 1.165) is 6.92 Å². The number of hydrogen-bond acceptors (Lipinski definition) is 5. The number of esters is 1. The van der Waals surface area contributed by atoms with Crippen molar-refractivity contribution in [3.05, 3.63) is 71.3 Å². The van der Waals surface area contributed by atoms with Gasteiger partial charge in [-0.3, -0.25) is 9.59 Å². The zero-order chi connectivity index (χ0) is 30.8. The summed E-state index contributed by atoms with van der Waals surface area (Å²) in [5.74, 6) is -4.32. The molecule has 2 rings (SSSR count). The van der Waals surface area contributed by atoms with Crippen LogP contribution in [-0.4, -0.2) is 43.0 Å². The topological polar surface area (TPSA) is 63.7 Å². The molecule has 0 saturated carbocycles. The highest BCUT2D eigenvalue weighted by molar-refractivity contribution is 7.99. The summed E-state index contributed by atoms with van der Waals surface area (Å²) in [6.45, 7) is 4.12. The van der Waals surface area contributed by atoms with Crippen molar-refractivity contribution in [1.29, 1.82) is 0 Å². The first-order chi connectivity index (χ1) is 18.2. The molecule has 2 amide bonds. The second-order valence-electron chi connectivity index (χ2n) is 7.85. The van der Waals surface area contributed by atoms with Crippen LogP contribution in [0.2, 0.25) is 0 Å². The molecule has 0 spiro atoms. The number of halogens is 10. The Morgan fingerprint density at radius 3 is 1.88 bits per heavy atom. The minimum atomic E-state index is -6.55. The molecular weight excluding hydrogens is 588 g/mol. The second kappa shape index (κ2) is 11.5. The summed E-state index contributed by atoms with van der Waals surface area (Å²) < 4.78 is 138. The Labute approximate surface area is 223 Å². The molecule has 0 saturated heterocycles. The van der Waals surface area contributed by atoms with Gasteiger partial charge in [0.15, 0.2) is 0 Å². The lowest BCUT2D eigenvalue weighted by molar-refractivity contribution is -0.348. The van der Waals surface area contributed by atoms with Crippen molar-refractivity contribution >= 4 is 35.2 Å². The van der Waals surface area contributed by atoms with E-state index in [1.54, 1.807) is 0 Å². The largest absolute Gasteiger partial charge is 0.465 e. The molecule has 0 radical (unpaired) electrons. The first kappa shape index (κ1) is 32.7. The van der Waals surface area contributed by atoms with Crippen molar-refractivity contribution in [3.8, 4) is 0 Å². The molecule has 0 unspecified atom stereocenters. The van der Waals surface area contributed by atoms with E-state index in [-0.39, 0.29) is 33.7 Å². The molecule has 2 aromatic carbocycles. The molecule has 5 nitrogen and oxygen atoms in total. The highest BCUT2D eigenvalue weighted by Gasteiger charge is 2.73. The van der Waals surface area contributed by atoms with E-state index in [0.29, 0.717) is 37.1 Å². The summed E-state index contributed by atoms with van der Waals surface area (Å²) in [5, 5.41) is 0. The van der Waals surface area contributed by atoms with Crippen LogP contribution in [0.5, 0.6) is 0 Å². The number of benzene rings is 2. The number of methoxy groups -OCH3 is 1. The molecular formula is C24H17F10NO4S. The van der Waals surface area contributed by atoms with Crippen molar-refractivity contribution in [2.45, 2.75) is 36.0 Å². The van der Waals surface area contributed by atoms with E-state index in [4.69, 9.17) is 0 Å². The molecule has 2 aromatic rings. The minimum Gasteiger partial charge on any atom is -0.465 e. The van der Waals surface area contributed by atoms with Crippen molar-refractivity contribution in [3.63, 3.8) is 0 Å². The third-order valence-electron chi connectivity index (χ3n) is 5.24. The molecule has 16 heteroatoms. The fourth-order valence-electron chi connectivity index (χ4n) is 3.39. The van der Waals surface area contributed by atoms with Gasteiger partial charge in [-0.2, -0.15) is 39.5 Å². The summed E-state index contributed by atoms with van der Waals surface area (Å²) in [7, 11) is 0.662. The standard InChI is InChI=1S/C24H17F10NO4S/c1-4-9-40-18-11-14(22(26,27)28)5-7-15(18)19(37)35(12(2)36)17-8-6-13(10-16(17)20(38)39-3)21(25,23(29,30)31)24(32,33)34/h4-8,10-11H,1,9H2,2-3H3. The van der Waals surface area contributed by atoms with Gasteiger partial charge in [-0.1, -0.05) is 12.1 Å². The Kier molecular flexibility index (Phi) is 9.39. The molecule has 0 bridgehead atoms. The van der Waals surface area contributed by atoms with Gasteiger partial charge in [0.2, 0.25) is 5.91 Å². The fraction of sp³-hybridized carbons (Fsp3) is 0.292. The van der Waals surface area contributed by atoms with E-state index < -0.39 is 69.9 Å². The minimum absolute atomic E-state index is 0.0166. The second-order valence-corrected chi connectivity index (χ2v) is 8.91. The zero-order valence-corrected chi connectivity index (χ0v) is 21.0. The third-order valence-corrected chi connectivity index (χ3v) is 6.29. The third kappa shape index (κ3) is 6.26. The zero-order valence-electron chi connectivity index (χ0n) is 20.2. The molecule has 0 N–H and O–H groups in total. The number of rotatable bonds is 7. The molecule has 40 heavy (non-hydrogen) atoms. The molecule has 0 heterocycles. The maximum absolute atomic E-state index is 14.7. The highest BCUT2D eigenvalue weighted by Crippen LogP contribution is 2.53. The predicted molar refractivity (Wildman–Crippen MR) is 123 cm³/mol. The summed E-state index contributed by atoms with van der Waals surface area (Å²) in [6.07, 6.45) is -16.7. The quantitative estimate of drug-likeness (QED) is 0.144. The number of amides is 2. The normalized spacial score (nSPS) is 12.6. The summed E-state index contributed by atoms with van der Waals surface area (Å²) in [6, 6.07) is 1.84. The maximum Gasteiger partial charge on any atom is 0.435 e. The summed E-state index contributed by atoms with van der Waals surface area (Å²) in [5.41, 5.74) is -12.0. The molecule has 0 aliphatic carbocycles. The Bertz CT molecular complexity index is 1300. The SMILES string of the molecule is C=CCSc1cc(C(F)(F)F)ccc1C(=O)N(C(C)=O)c1ccc(C(F)(C(F)(F)F)C(F)(F)F)cc1C(=O)OC. The molecule has 0 aliphatic heterocycles. The number of thioether (sulfide) groups is 1. The van der Waals surface area contributed by atoms with Crippen LogP contribution < -0.4 is 4.90 Å². The molecule has 0 aromatic heterocycles. The van der Waals surface area contributed by atoms with Crippen LogP contribution in [0.25, 0.3) is 0 Å². The molecule has 218 valence electrons. The Morgan fingerprint density at radius 2 is 1.43 bits per heavy atom. The fourth-order valence-corrected chi connectivity index (χ4v) is 4.21. The van der Waals surface area contributed by atoms with Gasteiger partial charge in [0.25, 0.3) is 5.91 Å². The van der Waals surface area contributed by atoms with Gasteiger partial charge in [0.1, 0.15) is 0 Å². The van der Waals surface area contributed by atoms with Gasteiger partial charge in [0, 0.05) is 23.1 Å². The van der Waals surface area contributed by atoms with Crippen LogP contribution in [0.4, 0.5) is 49.6 Å². The Morgan fingerprint density at radius 1 is 0.875 bits per heavy atom. The monoisotopic (exact) mass is 605 g/mol. The average molecular weight is 605 g/mol. The van der Waals surface area contributed by atoms with E-state index in [2.05, 4.69) is 11.3 Å². The predicted octanol–water partition coefficient (Wildman–Crippen LogP) is 7.25. The smallest absolute Gasteiger partial charge is 0.435 e. The van der Waals surface area contributed by atoms with Crippen LogP contribution in [0.3, 0.4) is 0 Å². The molecule has 0 aliphatic rings. The highest BCUT2D eigenvalue weighted by atomic mass is 32.2. The molecule has 0 atom stereocenters. The van der Waals surface area contributed by atoms with Gasteiger partial charge in [-0.15, -0.1) is 18.3 Å². The van der Waals surface area contributed by atoms with Gasteiger partial charge >= 0.3 is 30.2 Å². The average Bonchev–Trinajstić information content (AvgIpc) is 2.84. The van der Waals surface area contributed by atoms with Gasteiger partial charge in [0.05, 0.1) is 29.5 Å². The maximum atomic E-state index is 14.7. The van der Waals surface area contributed by atoms with E-state index in [1.807, 2.05) is 0 Å². The van der Waals surface area contributed by atoms with Gasteiger partial charge < -0.3 is 4.74 Å². The van der Waals surface area contributed by atoms with Crippen LogP contribution >= 0.6 is 11.8 Å². The number of hydrogen-bond donors (Lipinski definition) is 0. The lowest BCUT2D eigenvalue weighted by Crippen LogP contribution is -2.50. The first-order valence-electron chi connectivity index (χ1n) is 10.6. The Balaban J connectivity index is 2.83. The van der Waals surface area contributed by atoms with Crippen molar-refractivity contribution in [2.24, 2.45) is 0 Å². The number of ether oxygens (including phenoxy) is 1. The number of carbonyl (C=O) groups is 3. The number of alkyl halides is 10.